The van der Waals surface area contributed by atoms with Crippen LogP contribution in [-0.4, -0.2) is 22.2 Å². The molecule has 56 valence electrons. The number of carbonyl (C=O) groups is 2. The minimum absolute atomic E-state index is 0.370. The number of hydrogen-bond acceptors (Lipinski definition) is 2. The van der Waals surface area contributed by atoms with E-state index < -0.39 is 17.0 Å². The summed E-state index contributed by atoms with van der Waals surface area (Å²) >= 11 is 5.06. The summed E-state index contributed by atoms with van der Waals surface area (Å²) in [6, 6.07) is 0. The number of carboxylic acids is 2. The van der Waals surface area contributed by atoms with Gasteiger partial charge in [0.05, 0.1) is 6.42 Å². The molecule has 5 heteroatoms. The average Bonchev–Trinajstić information content (AvgIpc) is 1.82. The molecule has 0 aliphatic heterocycles. The Hall–Kier alpha value is -1.03. The van der Waals surface area contributed by atoms with Crippen molar-refractivity contribution in [3.63, 3.8) is 0 Å². The van der Waals surface area contributed by atoms with Crippen LogP contribution in [0.4, 0.5) is 0 Å². The molecule has 0 bridgehead atoms. The van der Waals surface area contributed by atoms with Gasteiger partial charge in [0.15, 0.2) is 0 Å². The van der Waals surface area contributed by atoms with Gasteiger partial charge in [0.25, 0.3) is 0 Å². The second-order valence-corrected chi connectivity index (χ2v) is 1.86. The van der Waals surface area contributed by atoms with E-state index in [1.54, 1.807) is 0 Å². The van der Waals surface area contributed by atoms with Gasteiger partial charge in [-0.05, 0) is 6.08 Å². The highest BCUT2D eigenvalue weighted by atomic mass is 35.5. The summed E-state index contributed by atoms with van der Waals surface area (Å²) in [5.41, 5.74) is 0. The first kappa shape index (κ1) is 8.97. The van der Waals surface area contributed by atoms with Crippen molar-refractivity contribution in [2.24, 2.45) is 0 Å². The maximum atomic E-state index is 9.92. The first-order valence-electron chi connectivity index (χ1n) is 2.34. The van der Waals surface area contributed by atoms with Crippen molar-refractivity contribution in [2.45, 2.75) is 6.42 Å². The Balaban J connectivity index is 3.92. The van der Waals surface area contributed by atoms with Gasteiger partial charge in [-0.15, -0.1) is 0 Å². The fourth-order valence-corrected chi connectivity index (χ4v) is 0.341. The van der Waals surface area contributed by atoms with Gasteiger partial charge in [0.1, 0.15) is 5.03 Å². The molecule has 0 saturated heterocycles. The normalized spacial score (nSPS) is 11.1. The number of aliphatic carboxylic acids is 2. The number of hydrogen-bond donors (Lipinski definition) is 2. The molecule has 0 aliphatic rings. The zero-order valence-corrected chi connectivity index (χ0v) is 5.63. The molecule has 0 aromatic rings. The van der Waals surface area contributed by atoms with E-state index in [2.05, 4.69) is 0 Å². The lowest BCUT2D eigenvalue weighted by molar-refractivity contribution is -0.136. The Bertz CT molecular complexity index is 184. The molecule has 0 spiro atoms. The maximum absolute atomic E-state index is 9.92. The van der Waals surface area contributed by atoms with Gasteiger partial charge in [-0.2, -0.15) is 0 Å². The van der Waals surface area contributed by atoms with Crippen molar-refractivity contribution in [1.29, 1.82) is 0 Å². The molecule has 0 unspecified atom stereocenters. The Morgan fingerprint density at radius 3 is 2.20 bits per heavy atom. The standard InChI is InChI=1S/C5H5ClO4/c6-3(5(9)10)1-2-4(7)8/h1H,2H2,(H,7,8)(H,9,10)/b3-1-. The molecule has 10 heavy (non-hydrogen) atoms. The van der Waals surface area contributed by atoms with Gasteiger partial charge in [0.2, 0.25) is 0 Å². The lowest BCUT2D eigenvalue weighted by Gasteiger charge is -1.86. The molecule has 0 aromatic carbocycles. The predicted octanol–water partition coefficient (Wildman–Crippen LogP) is 0.668. The molecule has 0 aromatic heterocycles. The van der Waals surface area contributed by atoms with Gasteiger partial charge in [0, 0.05) is 0 Å². The van der Waals surface area contributed by atoms with E-state index in [1.165, 1.54) is 0 Å². The van der Waals surface area contributed by atoms with Crippen LogP contribution in [-0.2, 0) is 9.59 Å². The second-order valence-electron chi connectivity index (χ2n) is 1.46. The third-order valence-electron chi connectivity index (χ3n) is 0.660. The highest BCUT2D eigenvalue weighted by molar-refractivity contribution is 6.40. The molecule has 0 rings (SSSR count). The number of halogens is 1. The molecule has 0 heterocycles. The second kappa shape index (κ2) is 3.90. The van der Waals surface area contributed by atoms with E-state index in [9.17, 15) is 9.59 Å². The lowest BCUT2D eigenvalue weighted by Crippen LogP contribution is -1.96. The first-order chi connectivity index (χ1) is 4.54. The third-order valence-corrected chi connectivity index (χ3v) is 0.976. The first-order valence-corrected chi connectivity index (χ1v) is 2.72. The van der Waals surface area contributed by atoms with Crippen molar-refractivity contribution >= 4 is 23.5 Å². The van der Waals surface area contributed by atoms with Crippen LogP contribution in [0.2, 0.25) is 0 Å². The fourth-order valence-electron chi connectivity index (χ4n) is 0.264. The molecule has 4 nitrogen and oxygen atoms in total. The van der Waals surface area contributed by atoms with Gasteiger partial charge >= 0.3 is 11.9 Å². The van der Waals surface area contributed by atoms with Gasteiger partial charge in [-0.3, -0.25) is 4.79 Å². The van der Waals surface area contributed by atoms with Crippen LogP contribution in [0.1, 0.15) is 6.42 Å². The molecule has 0 atom stereocenters. The van der Waals surface area contributed by atoms with Crippen LogP contribution in [0.3, 0.4) is 0 Å². The molecular formula is C5H5ClO4. The minimum atomic E-state index is -1.32. The molecule has 0 radical (unpaired) electrons. The molecule has 0 amide bonds. The quantitative estimate of drug-likeness (QED) is 0.602. The topological polar surface area (TPSA) is 74.6 Å². The number of rotatable bonds is 3. The van der Waals surface area contributed by atoms with Crippen LogP contribution in [0, 0.1) is 0 Å². The molecule has 0 aliphatic carbocycles. The molecule has 0 saturated carbocycles. The van der Waals surface area contributed by atoms with Crippen molar-refractivity contribution in [1.82, 2.24) is 0 Å². The van der Waals surface area contributed by atoms with Crippen LogP contribution in [0.5, 0.6) is 0 Å². The average molecular weight is 165 g/mol. The lowest BCUT2D eigenvalue weighted by atomic mass is 10.4. The largest absolute Gasteiger partial charge is 0.481 e. The Morgan fingerprint density at radius 1 is 1.40 bits per heavy atom. The fraction of sp³-hybridized carbons (Fsp3) is 0.200. The van der Waals surface area contributed by atoms with E-state index in [0.717, 1.165) is 6.08 Å². The molecule has 0 fully saturated rings. The SMILES string of the molecule is O=C(O)C/C=C(\Cl)C(=O)O. The van der Waals surface area contributed by atoms with E-state index in [0.29, 0.717) is 0 Å². The van der Waals surface area contributed by atoms with E-state index in [4.69, 9.17) is 21.8 Å². The van der Waals surface area contributed by atoms with Crippen molar-refractivity contribution < 1.29 is 19.8 Å². The zero-order valence-electron chi connectivity index (χ0n) is 4.87. The Morgan fingerprint density at radius 2 is 1.90 bits per heavy atom. The predicted molar refractivity (Wildman–Crippen MR) is 33.8 cm³/mol. The maximum Gasteiger partial charge on any atom is 0.346 e. The summed E-state index contributed by atoms with van der Waals surface area (Å²) in [6.45, 7) is 0. The highest BCUT2D eigenvalue weighted by Gasteiger charge is 2.02. The summed E-state index contributed by atoms with van der Waals surface area (Å²) in [6.07, 6.45) is 0.553. The monoisotopic (exact) mass is 164 g/mol. The van der Waals surface area contributed by atoms with Crippen LogP contribution in [0.15, 0.2) is 11.1 Å². The summed E-state index contributed by atoms with van der Waals surface area (Å²) in [5, 5.41) is 15.7. The van der Waals surface area contributed by atoms with Crippen molar-refractivity contribution in [3.05, 3.63) is 11.1 Å². The van der Waals surface area contributed by atoms with Crippen molar-refractivity contribution in [2.75, 3.05) is 0 Å². The number of carboxylic acid groups (broad SMARTS) is 2. The molecular weight excluding hydrogens is 160 g/mol. The van der Waals surface area contributed by atoms with E-state index in [-0.39, 0.29) is 6.42 Å². The van der Waals surface area contributed by atoms with E-state index in [1.807, 2.05) is 0 Å². The van der Waals surface area contributed by atoms with Gasteiger partial charge in [-0.1, -0.05) is 11.6 Å². The summed E-state index contributed by atoms with van der Waals surface area (Å²) in [7, 11) is 0. The molecule has 2 N–H and O–H groups in total. The van der Waals surface area contributed by atoms with Crippen LogP contribution >= 0.6 is 11.6 Å². The van der Waals surface area contributed by atoms with Gasteiger partial charge < -0.3 is 10.2 Å². The van der Waals surface area contributed by atoms with Crippen LogP contribution in [0.25, 0.3) is 0 Å². The van der Waals surface area contributed by atoms with E-state index >= 15 is 0 Å². The zero-order chi connectivity index (χ0) is 8.15. The highest BCUT2D eigenvalue weighted by Crippen LogP contribution is 2.01. The summed E-state index contributed by atoms with van der Waals surface area (Å²) in [5.74, 6) is -2.43. The van der Waals surface area contributed by atoms with Crippen LogP contribution < -0.4 is 0 Å². The Kier molecular flexibility index (Phi) is 3.49. The smallest absolute Gasteiger partial charge is 0.346 e. The van der Waals surface area contributed by atoms with Crippen molar-refractivity contribution in [3.8, 4) is 0 Å². The Labute approximate surface area is 61.7 Å². The summed E-state index contributed by atoms with van der Waals surface area (Å²) in [4.78, 5) is 19.7. The third kappa shape index (κ3) is 3.91. The minimum Gasteiger partial charge on any atom is -0.481 e. The summed E-state index contributed by atoms with van der Waals surface area (Å²) < 4.78 is 0. The van der Waals surface area contributed by atoms with Gasteiger partial charge in [-0.25, -0.2) is 4.79 Å².